The minimum atomic E-state index is -4.77. The number of ketones is 1. The molecule has 0 amide bonds. The number of nitrogens with two attached hydrogens (primary N) is 1. The SMILES string of the molecule is CC(C)(C)C(N)CC(=O)c1ccc(C(F)(F)F)c(F)c1. The summed E-state index contributed by atoms with van der Waals surface area (Å²) in [6.45, 7) is 5.54. The molecule has 0 radical (unpaired) electrons. The summed E-state index contributed by atoms with van der Waals surface area (Å²) in [5.74, 6) is -1.92. The average molecular weight is 291 g/mol. The molecule has 0 aliphatic heterocycles. The zero-order valence-electron chi connectivity index (χ0n) is 11.5. The van der Waals surface area contributed by atoms with E-state index in [0.717, 1.165) is 6.07 Å². The van der Waals surface area contributed by atoms with Gasteiger partial charge in [-0.15, -0.1) is 0 Å². The summed E-state index contributed by atoms with van der Waals surface area (Å²) in [6.07, 6.45) is -4.82. The van der Waals surface area contributed by atoms with Crippen LogP contribution in [-0.2, 0) is 6.18 Å². The second kappa shape index (κ2) is 5.52. The molecule has 0 fully saturated rings. The minimum Gasteiger partial charge on any atom is -0.327 e. The molecule has 2 nitrogen and oxygen atoms in total. The Kier molecular flexibility index (Phi) is 4.59. The molecule has 0 aromatic heterocycles. The van der Waals surface area contributed by atoms with Gasteiger partial charge in [0.2, 0.25) is 0 Å². The van der Waals surface area contributed by atoms with Gasteiger partial charge in [0, 0.05) is 18.0 Å². The number of alkyl halides is 3. The summed E-state index contributed by atoms with van der Waals surface area (Å²) in [5, 5.41) is 0. The van der Waals surface area contributed by atoms with Gasteiger partial charge in [-0.05, 0) is 17.5 Å². The fourth-order valence-electron chi connectivity index (χ4n) is 1.54. The molecular weight excluding hydrogens is 274 g/mol. The van der Waals surface area contributed by atoms with Crippen LogP contribution in [-0.4, -0.2) is 11.8 Å². The molecule has 1 aromatic rings. The van der Waals surface area contributed by atoms with Gasteiger partial charge in [-0.25, -0.2) is 4.39 Å². The van der Waals surface area contributed by atoms with Crippen molar-refractivity contribution in [2.45, 2.75) is 39.4 Å². The summed E-state index contributed by atoms with van der Waals surface area (Å²) in [7, 11) is 0. The van der Waals surface area contributed by atoms with Crippen molar-refractivity contribution in [3.8, 4) is 0 Å². The molecule has 0 aliphatic carbocycles. The predicted octanol–water partition coefficient (Wildman–Crippen LogP) is 3.79. The Balaban J connectivity index is 2.94. The molecule has 0 aliphatic rings. The van der Waals surface area contributed by atoms with Crippen LogP contribution >= 0.6 is 0 Å². The lowest BCUT2D eigenvalue weighted by molar-refractivity contribution is -0.140. The quantitative estimate of drug-likeness (QED) is 0.680. The third-order valence-electron chi connectivity index (χ3n) is 3.11. The van der Waals surface area contributed by atoms with E-state index in [2.05, 4.69) is 0 Å². The number of Topliss-reactive ketones (excluding diaryl/α,β-unsaturated/α-hetero) is 1. The molecule has 1 atom stereocenters. The van der Waals surface area contributed by atoms with E-state index in [1.54, 1.807) is 0 Å². The highest BCUT2D eigenvalue weighted by atomic mass is 19.4. The van der Waals surface area contributed by atoms with E-state index in [9.17, 15) is 22.4 Å². The Morgan fingerprint density at radius 2 is 1.80 bits per heavy atom. The van der Waals surface area contributed by atoms with Crippen molar-refractivity contribution >= 4 is 5.78 Å². The monoisotopic (exact) mass is 291 g/mol. The third-order valence-corrected chi connectivity index (χ3v) is 3.11. The second-order valence-electron chi connectivity index (χ2n) is 5.79. The Hall–Kier alpha value is -1.43. The fraction of sp³-hybridized carbons (Fsp3) is 0.500. The second-order valence-corrected chi connectivity index (χ2v) is 5.79. The van der Waals surface area contributed by atoms with Crippen molar-refractivity contribution in [3.05, 3.63) is 35.1 Å². The van der Waals surface area contributed by atoms with Crippen molar-refractivity contribution < 1.29 is 22.4 Å². The van der Waals surface area contributed by atoms with Crippen molar-refractivity contribution in [1.29, 1.82) is 0 Å². The van der Waals surface area contributed by atoms with Crippen LogP contribution < -0.4 is 5.73 Å². The van der Waals surface area contributed by atoms with E-state index < -0.39 is 29.4 Å². The van der Waals surface area contributed by atoms with Gasteiger partial charge in [0.15, 0.2) is 5.78 Å². The maximum absolute atomic E-state index is 13.4. The molecule has 0 bridgehead atoms. The number of carbonyl (C=O) groups is 1. The maximum Gasteiger partial charge on any atom is 0.419 e. The average Bonchev–Trinajstić information content (AvgIpc) is 2.25. The summed E-state index contributed by atoms with van der Waals surface area (Å²) >= 11 is 0. The number of carbonyl (C=O) groups excluding carboxylic acids is 1. The molecule has 0 saturated heterocycles. The van der Waals surface area contributed by atoms with Gasteiger partial charge in [0.1, 0.15) is 5.82 Å². The summed E-state index contributed by atoms with van der Waals surface area (Å²) < 4.78 is 50.6. The third kappa shape index (κ3) is 4.03. The molecule has 2 N–H and O–H groups in total. The van der Waals surface area contributed by atoms with Crippen LogP contribution in [0.5, 0.6) is 0 Å². The van der Waals surface area contributed by atoms with E-state index in [-0.39, 0.29) is 17.4 Å². The van der Waals surface area contributed by atoms with Crippen LogP contribution in [0.4, 0.5) is 17.6 Å². The van der Waals surface area contributed by atoms with E-state index in [4.69, 9.17) is 5.73 Å². The molecule has 112 valence electrons. The first-order chi connectivity index (χ1) is 8.93. The van der Waals surface area contributed by atoms with Gasteiger partial charge in [-0.1, -0.05) is 26.8 Å². The van der Waals surface area contributed by atoms with Gasteiger partial charge >= 0.3 is 6.18 Å². The fourth-order valence-corrected chi connectivity index (χ4v) is 1.54. The lowest BCUT2D eigenvalue weighted by Crippen LogP contribution is -2.37. The van der Waals surface area contributed by atoms with Gasteiger partial charge < -0.3 is 5.73 Å². The topological polar surface area (TPSA) is 43.1 Å². The summed E-state index contributed by atoms with van der Waals surface area (Å²) in [6, 6.07) is 1.70. The number of rotatable bonds is 3. The van der Waals surface area contributed by atoms with Crippen LogP contribution in [0.25, 0.3) is 0 Å². The molecular formula is C14H17F4NO. The van der Waals surface area contributed by atoms with Crippen molar-refractivity contribution in [2.75, 3.05) is 0 Å². The van der Waals surface area contributed by atoms with Crippen LogP contribution in [0.15, 0.2) is 18.2 Å². The first-order valence-corrected chi connectivity index (χ1v) is 6.08. The molecule has 0 spiro atoms. The van der Waals surface area contributed by atoms with E-state index in [1.165, 1.54) is 0 Å². The first kappa shape index (κ1) is 16.6. The first-order valence-electron chi connectivity index (χ1n) is 6.08. The van der Waals surface area contributed by atoms with Crippen LogP contribution in [0.3, 0.4) is 0 Å². The van der Waals surface area contributed by atoms with E-state index in [0.29, 0.717) is 12.1 Å². The number of benzene rings is 1. The zero-order chi connectivity index (χ0) is 15.7. The highest BCUT2D eigenvalue weighted by Crippen LogP contribution is 2.32. The van der Waals surface area contributed by atoms with Crippen molar-refractivity contribution in [2.24, 2.45) is 11.1 Å². The van der Waals surface area contributed by atoms with Crippen molar-refractivity contribution in [3.63, 3.8) is 0 Å². The van der Waals surface area contributed by atoms with Crippen LogP contribution in [0.2, 0.25) is 0 Å². The van der Waals surface area contributed by atoms with Gasteiger partial charge in [0.25, 0.3) is 0 Å². The van der Waals surface area contributed by atoms with E-state index in [1.807, 2.05) is 20.8 Å². The molecule has 20 heavy (non-hydrogen) atoms. The largest absolute Gasteiger partial charge is 0.419 e. The molecule has 6 heteroatoms. The highest BCUT2D eigenvalue weighted by molar-refractivity contribution is 5.96. The Morgan fingerprint density at radius 1 is 1.25 bits per heavy atom. The van der Waals surface area contributed by atoms with E-state index >= 15 is 0 Å². The lowest BCUT2D eigenvalue weighted by Gasteiger charge is -2.26. The number of hydrogen-bond donors (Lipinski definition) is 1. The highest BCUT2D eigenvalue weighted by Gasteiger charge is 2.34. The molecule has 1 rings (SSSR count). The summed E-state index contributed by atoms with van der Waals surface area (Å²) in [4.78, 5) is 11.9. The van der Waals surface area contributed by atoms with Crippen molar-refractivity contribution in [1.82, 2.24) is 0 Å². The molecule has 1 unspecified atom stereocenters. The maximum atomic E-state index is 13.4. The number of hydrogen-bond acceptors (Lipinski definition) is 2. The smallest absolute Gasteiger partial charge is 0.327 e. The van der Waals surface area contributed by atoms with Gasteiger partial charge in [0.05, 0.1) is 5.56 Å². The van der Waals surface area contributed by atoms with Crippen LogP contribution in [0.1, 0.15) is 43.1 Å². The normalized spacial score (nSPS) is 14.2. The summed E-state index contributed by atoms with van der Waals surface area (Å²) in [5.41, 5.74) is 4.03. The van der Waals surface area contributed by atoms with Gasteiger partial charge in [-0.3, -0.25) is 4.79 Å². The zero-order valence-corrected chi connectivity index (χ0v) is 11.5. The molecule has 0 saturated carbocycles. The molecule has 1 aromatic carbocycles. The Labute approximate surface area is 115 Å². The Bertz CT molecular complexity index is 503. The lowest BCUT2D eigenvalue weighted by atomic mass is 9.83. The Morgan fingerprint density at radius 3 is 2.20 bits per heavy atom. The predicted molar refractivity (Wildman–Crippen MR) is 67.8 cm³/mol. The standard InChI is InChI=1S/C14H17F4NO/c1-13(2,3)12(19)7-11(20)8-4-5-9(10(15)6-8)14(16,17)18/h4-6,12H,7,19H2,1-3H3. The molecule has 0 heterocycles. The van der Waals surface area contributed by atoms with Gasteiger partial charge in [-0.2, -0.15) is 13.2 Å². The number of halogens is 4. The van der Waals surface area contributed by atoms with Crippen LogP contribution in [0, 0.1) is 11.2 Å². The minimum absolute atomic E-state index is 0.0473.